The fraction of sp³-hybridized carbons (Fsp3) is 0.0455. The Labute approximate surface area is 176 Å². The van der Waals surface area contributed by atoms with Crippen molar-refractivity contribution in [1.82, 2.24) is 10.1 Å². The van der Waals surface area contributed by atoms with Crippen LogP contribution >= 0.6 is 0 Å². The predicted molar refractivity (Wildman–Crippen MR) is 112 cm³/mol. The standard InChI is InChI=1S/C22H16N4O5/c27-20(23-17-6-2-1-3-7-17)14-30-19-8-4-5-16(13-19)21-24-22(31-25-21)15-9-11-18(12-10-15)26(28)29/h1-13H,14H2,(H,23,27). The first kappa shape index (κ1) is 19.8. The van der Waals surface area contributed by atoms with E-state index in [2.05, 4.69) is 15.5 Å². The summed E-state index contributed by atoms with van der Waals surface area (Å²) in [6.45, 7) is -0.154. The fourth-order valence-corrected chi connectivity index (χ4v) is 2.78. The highest BCUT2D eigenvalue weighted by atomic mass is 16.6. The van der Waals surface area contributed by atoms with Gasteiger partial charge in [0.15, 0.2) is 6.61 Å². The van der Waals surface area contributed by atoms with Crippen molar-refractivity contribution in [3.63, 3.8) is 0 Å². The van der Waals surface area contributed by atoms with Crippen LogP contribution in [0.2, 0.25) is 0 Å². The zero-order chi connectivity index (χ0) is 21.6. The lowest BCUT2D eigenvalue weighted by Crippen LogP contribution is -2.20. The number of nitro groups is 1. The topological polar surface area (TPSA) is 120 Å². The van der Waals surface area contributed by atoms with E-state index in [4.69, 9.17) is 9.26 Å². The van der Waals surface area contributed by atoms with Gasteiger partial charge in [0.1, 0.15) is 5.75 Å². The van der Waals surface area contributed by atoms with Crippen LogP contribution < -0.4 is 10.1 Å². The minimum atomic E-state index is -0.478. The van der Waals surface area contributed by atoms with Crippen molar-refractivity contribution in [1.29, 1.82) is 0 Å². The van der Waals surface area contributed by atoms with Gasteiger partial charge in [-0.05, 0) is 36.4 Å². The molecule has 31 heavy (non-hydrogen) atoms. The number of hydrogen-bond acceptors (Lipinski definition) is 7. The fourth-order valence-electron chi connectivity index (χ4n) is 2.78. The highest BCUT2D eigenvalue weighted by Gasteiger charge is 2.13. The number of anilines is 1. The SMILES string of the molecule is O=C(COc1cccc(-c2noc(-c3ccc([N+](=O)[O-])cc3)n2)c1)Nc1ccccc1. The Morgan fingerprint density at radius 2 is 1.77 bits per heavy atom. The molecular weight excluding hydrogens is 400 g/mol. The van der Waals surface area contributed by atoms with Gasteiger partial charge in [-0.2, -0.15) is 4.98 Å². The Hall–Kier alpha value is -4.53. The summed E-state index contributed by atoms with van der Waals surface area (Å²) >= 11 is 0. The zero-order valence-electron chi connectivity index (χ0n) is 16.1. The van der Waals surface area contributed by atoms with E-state index in [0.29, 0.717) is 28.4 Å². The average molecular weight is 416 g/mol. The average Bonchev–Trinajstić information content (AvgIpc) is 3.29. The second-order valence-corrected chi connectivity index (χ2v) is 6.46. The van der Waals surface area contributed by atoms with Gasteiger partial charge in [0.25, 0.3) is 17.5 Å². The van der Waals surface area contributed by atoms with Crippen LogP contribution in [-0.2, 0) is 4.79 Å². The zero-order valence-corrected chi connectivity index (χ0v) is 16.1. The number of nitro benzene ring substituents is 1. The molecule has 0 unspecified atom stereocenters. The van der Waals surface area contributed by atoms with Gasteiger partial charge in [-0.1, -0.05) is 35.5 Å². The molecule has 1 N–H and O–H groups in total. The summed E-state index contributed by atoms with van der Waals surface area (Å²) in [5.74, 6) is 0.755. The first-order valence-corrected chi connectivity index (χ1v) is 9.25. The van der Waals surface area contributed by atoms with Gasteiger partial charge in [0, 0.05) is 28.9 Å². The molecule has 154 valence electrons. The summed E-state index contributed by atoms with van der Waals surface area (Å²) in [6, 6.07) is 21.9. The first-order valence-electron chi connectivity index (χ1n) is 9.25. The molecule has 0 aliphatic rings. The van der Waals surface area contributed by atoms with Crippen LogP contribution in [0, 0.1) is 10.1 Å². The summed E-state index contributed by atoms with van der Waals surface area (Å²) in [5.41, 5.74) is 1.87. The molecule has 1 aromatic heterocycles. The molecular formula is C22H16N4O5. The summed E-state index contributed by atoms with van der Waals surface area (Å²) in [7, 11) is 0. The number of ether oxygens (including phenoxy) is 1. The van der Waals surface area contributed by atoms with Gasteiger partial charge in [0.05, 0.1) is 4.92 Å². The largest absolute Gasteiger partial charge is 0.484 e. The maximum Gasteiger partial charge on any atom is 0.269 e. The Bertz CT molecular complexity index is 1210. The highest BCUT2D eigenvalue weighted by Crippen LogP contribution is 2.26. The molecule has 3 aromatic carbocycles. The van der Waals surface area contributed by atoms with Gasteiger partial charge in [-0.25, -0.2) is 0 Å². The summed E-state index contributed by atoms with van der Waals surface area (Å²) in [5, 5.41) is 17.5. The number of non-ortho nitro benzene ring substituents is 1. The molecule has 1 heterocycles. The third-order valence-electron chi connectivity index (χ3n) is 4.27. The quantitative estimate of drug-likeness (QED) is 0.352. The van der Waals surface area contributed by atoms with Crippen LogP contribution in [0.5, 0.6) is 5.75 Å². The second-order valence-electron chi connectivity index (χ2n) is 6.46. The number of aromatic nitrogens is 2. The van der Waals surface area contributed by atoms with E-state index in [-0.39, 0.29) is 24.1 Å². The lowest BCUT2D eigenvalue weighted by Gasteiger charge is -2.08. The maximum absolute atomic E-state index is 12.0. The van der Waals surface area contributed by atoms with Crippen LogP contribution in [0.1, 0.15) is 0 Å². The lowest BCUT2D eigenvalue weighted by atomic mass is 10.2. The molecule has 0 spiro atoms. The van der Waals surface area contributed by atoms with Crippen molar-refractivity contribution in [2.45, 2.75) is 0 Å². The van der Waals surface area contributed by atoms with E-state index in [1.54, 1.807) is 48.5 Å². The molecule has 0 aliphatic heterocycles. The second kappa shape index (κ2) is 8.87. The van der Waals surface area contributed by atoms with Crippen molar-refractivity contribution >= 4 is 17.3 Å². The number of amides is 1. The molecule has 0 bridgehead atoms. The van der Waals surface area contributed by atoms with E-state index in [0.717, 1.165) is 0 Å². The molecule has 4 aromatic rings. The van der Waals surface area contributed by atoms with E-state index in [1.807, 2.05) is 18.2 Å². The van der Waals surface area contributed by atoms with Crippen molar-refractivity contribution in [3.05, 3.63) is 89.0 Å². The monoisotopic (exact) mass is 416 g/mol. The Morgan fingerprint density at radius 1 is 1.00 bits per heavy atom. The van der Waals surface area contributed by atoms with Gasteiger partial charge in [0.2, 0.25) is 5.82 Å². The predicted octanol–water partition coefficient (Wildman–Crippen LogP) is 4.33. The molecule has 0 saturated carbocycles. The number of nitrogens with one attached hydrogen (secondary N) is 1. The van der Waals surface area contributed by atoms with Crippen LogP contribution in [-0.4, -0.2) is 27.6 Å². The third-order valence-corrected chi connectivity index (χ3v) is 4.27. The smallest absolute Gasteiger partial charge is 0.269 e. The van der Waals surface area contributed by atoms with Gasteiger partial charge in [-0.3, -0.25) is 14.9 Å². The summed E-state index contributed by atoms with van der Waals surface area (Å²) in [4.78, 5) is 26.7. The number of benzene rings is 3. The van der Waals surface area contributed by atoms with E-state index in [9.17, 15) is 14.9 Å². The maximum atomic E-state index is 12.0. The Balaban J connectivity index is 1.42. The van der Waals surface area contributed by atoms with Crippen LogP contribution in [0.15, 0.2) is 83.4 Å². The third kappa shape index (κ3) is 4.91. The van der Waals surface area contributed by atoms with Crippen LogP contribution in [0.3, 0.4) is 0 Å². The number of para-hydroxylation sites is 1. The molecule has 0 radical (unpaired) electrons. The number of carbonyl (C=O) groups excluding carboxylic acids is 1. The van der Waals surface area contributed by atoms with Crippen molar-refractivity contribution < 1.29 is 19.0 Å². The Morgan fingerprint density at radius 3 is 2.52 bits per heavy atom. The van der Waals surface area contributed by atoms with Crippen molar-refractivity contribution in [2.24, 2.45) is 0 Å². The number of carbonyl (C=O) groups is 1. The van der Waals surface area contributed by atoms with Crippen molar-refractivity contribution in [3.8, 4) is 28.6 Å². The molecule has 0 aliphatic carbocycles. The minimum Gasteiger partial charge on any atom is -0.484 e. The minimum absolute atomic E-state index is 0.0235. The van der Waals surface area contributed by atoms with Crippen LogP contribution in [0.25, 0.3) is 22.8 Å². The highest BCUT2D eigenvalue weighted by molar-refractivity contribution is 5.91. The first-order chi connectivity index (χ1) is 15.1. The van der Waals surface area contributed by atoms with E-state index in [1.165, 1.54) is 12.1 Å². The summed E-state index contributed by atoms with van der Waals surface area (Å²) in [6.07, 6.45) is 0. The molecule has 0 fully saturated rings. The van der Waals surface area contributed by atoms with E-state index < -0.39 is 4.92 Å². The summed E-state index contributed by atoms with van der Waals surface area (Å²) < 4.78 is 10.8. The van der Waals surface area contributed by atoms with Gasteiger partial charge >= 0.3 is 0 Å². The molecule has 9 nitrogen and oxygen atoms in total. The molecule has 9 heteroatoms. The van der Waals surface area contributed by atoms with Gasteiger partial charge in [-0.15, -0.1) is 0 Å². The molecule has 0 atom stereocenters. The van der Waals surface area contributed by atoms with Crippen molar-refractivity contribution in [2.75, 3.05) is 11.9 Å². The number of hydrogen-bond donors (Lipinski definition) is 1. The van der Waals surface area contributed by atoms with Gasteiger partial charge < -0.3 is 14.6 Å². The van der Waals surface area contributed by atoms with Crippen LogP contribution in [0.4, 0.5) is 11.4 Å². The normalized spacial score (nSPS) is 10.5. The Kier molecular flexibility index (Phi) is 5.66. The molecule has 0 saturated heterocycles. The van der Waals surface area contributed by atoms with E-state index >= 15 is 0 Å². The molecule has 4 rings (SSSR count). The lowest BCUT2D eigenvalue weighted by molar-refractivity contribution is -0.384. The number of nitrogens with zero attached hydrogens (tertiary/aromatic N) is 3. The molecule has 1 amide bonds. The number of rotatable bonds is 7.